The molecule has 33 heavy (non-hydrogen) atoms. The molecule has 3 aromatic carbocycles. The van der Waals surface area contributed by atoms with E-state index >= 15 is 0 Å². The zero-order chi connectivity index (χ0) is 23.3. The molecule has 0 bridgehead atoms. The molecule has 0 unspecified atom stereocenters. The number of benzene rings is 3. The predicted octanol–water partition coefficient (Wildman–Crippen LogP) is 7.76. The molecule has 3 aromatic rings. The summed E-state index contributed by atoms with van der Waals surface area (Å²) in [7, 11) is 1.68. The van der Waals surface area contributed by atoms with Crippen molar-refractivity contribution < 1.29 is 9.47 Å². The Hall–Kier alpha value is -2.31. The quantitative estimate of drug-likeness (QED) is 0.323. The van der Waals surface area contributed by atoms with Crippen LogP contribution in [0.3, 0.4) is 0 Å². The minimum absolute atomic E-state index is 0.0898. The maximum atomic E-state index is 6.60. The van der Waals surface area contributed by atoms with Gasteiger partial charge in [0.15, 0.2) is 0 Å². The van der Waals surface area contributed by atoms with Crippen LogP contribution in [0.4, 0.5) is 0 Å². The lowest BCUT2D eigenvalue weighted by atomic mass is 9.86. The van der Waals surface area contributed by atoms with Crippen molar-refractivity contribution in [2.24, 2.45) is 5.10 Å². The van der Waals surface area contributed by atoms with Gasteiger partial charge in [-0.2, -0.15) is 5.10 Å². The first-order chi connectivity index (χ1) is 15.7. The van der Waals surface area contributed by atoms with Crippen LogP contribution < -0.4 is 9.47 Å². The fourth-order valence-electron chi connectivity index (χ4n) is 4.44. The minimum Gasteiger partial charge on any atom is -0.497 e. The van der Waals surface area contributed by atoms with E-state index in [1.54, 1.807) is 7.11 Å². The zero-order valence-electron chi connectivity index (χ0n) is 19.1. The highest BCUT2D eigenvalue weighted by atomic mass is 79.9. The number of rotatable bonds is 3. The maximum Gasteiger partial charge on any atom is 0.213 e. The molecule has 170 valence electrons. The van der Waals surface area contributed by atoms with Crippen molar-refractivity contribution in [3.63, 3.8) is 0 Å². The number of nitrogens with zero attached hydrogens (tertiary/aromatic N) is 2. The molecular weight excluding hydrogens is 544 g/mol. The van der Waals surface area contributed by atoms with E-state index in [0.717, 1.165) is 49.3 Å². The van der Waals surface area contributed by atoms with Crippen LogP contribution in [0, 0.1) is 0 Å². The van der Waals surface area contributed by atoms with Crippen LogP contribution in [0.25, 0.3) is 0 Å². The van der Waals surface area contributed by atoms with Crippen molar-refractivity contribution in [2.45, 2.75) is 44.9 Å². The van der Waals surface area contributed by atoms with Gasteiger partial charge in [-0.3, -0.25) is 0 Å². The highest BCUT2D eigenvalue weighted by Crippen LogP contribution is 2.51. The second-order valence-corrected chi connectivity index (χ2v) is 11.3. The van der Waals surface area contributed by atoms with Crippen LogP contribution in [0.15, 0.2) is 74.7 Å². The van der Waals surface area contributed by atoms with Gasteiger partial charge in [0.05, 0.1) is 23.3 Å². The molecule has 0 saturated heterocycles. The van der Waals surface area contributed by atoms with Crippen molar-refractivity contribution in [3.05, 3.63) is 91.9 Å². The van der Waals surface area contributed by atoms with Crippen LogP contribution in [0.1, 0.15) is 61.7 Å². The number of hydrogen-bond acceptors (Lipinski definition) is 4. The zero-order valence-corrected chi connectivity index (χ0v) is 22.3. The monoisotopic (exact) mass is 568 g/mol. The number of ether oxygens (including phenoxy) is 2. The first-order valence-electron chi connectivity index (χ1n) is 11.0. The van der Waals surface area contributed by atoms with E-state index in [-0.39, 0.29) is 17.7 Å². The Balaban J connectivity index is 1.57. The van der Waals surface area contributed by atoms with Gasteiger partial charge in [0.25, 0.3) is 0 Å². The Labute approximate surface area is 211 Å². The summed E-state index contributed by atoms with van der Waals surface area (Å²) in [4.78, 5) is 0. The first-order valence-corrected chi connectivity index (χ1v) is 12.6. The Morgan fingerprint density at radius 2 is 1.70 bits per heavy atom. The second-order valence-electron chi connectivity index (χ2n) is 9.52. The first kappa shape index (κ1) is 22.5. The van der Waals surface area contributed by atoms with Crippen molar-refractivity contribution in [1.82, 2.24) is 5.01 Å². The second kappa shape index (κ2) is 8.48. The van der Waals surface area contributed by atoms with Gasteiger partial charge in [0, 0.05) is 22.0 Å². The summed E-state index contributed by atoms with van der Waals surface area (Å²) in [5.41, 5.74) is 5.77. The van der Waals surface area contributed by atoms with E-state index in [1.807, 2.05) is 18.2 Å². The summed E-state index contributed by atoms with van der Waals surface area (Å²) in [6.45, 7) is 6.69. The Morgan fingerprint density at radius 3 is 2.33 bits per heavy atom. The number of hydrazone groups is 1. The summed E-state index contributed by atoms with van der Waals surface area (Å²) in [5, 5.41) is 7.19. The van der Waals surface area contributed by atoms with Gasteiger partial charge < -0.3 is 9.47 Å². The number of fused-ring (bicyclic) bond motifs is 3. The van der Waals surface area contributed by atoms with E-state index in [9.17, 15) is 0 Å². The Kier molecular flexibility index (Phi) is 5.78. The van der Waals surface area contributed by atoms with Crippen molar-refractivity contribution in [3.8, 4) is 11.5 Å². The average Bonchev–Trinajstić information content (AvgIpc) is 3.24. The third-order valence-electron chi connectivity index (χ3n) is 6.29. The molecule has 0 saturated carbocycles. The fraction of sp³-hybridized carbons (Fsp3) is 0.296. The van der Waals surface area contributed by atoms with E-state index in [0.29, 0.717) is 0 Å². The van der Waals surface area contributed by atoms with Gasteiger partial charge in [-0.05, 0) is 68.9 Å². The molecule has 0 aliphatic carbocycles. The molecule has 0 N–H and O–H groups in total. The van der Waals surface area contributed by atoms with Crippen LogP contribution >= 0.6 is 31.9 Å². The van der Waals surface area contributed by atoms with Gasteiger partial charge >= 0.3 is 0 Å². The smallest absolute Gasteiger partial charge is 0.213 e. The van der Waals surface area contributed by atoms with E-state index < -0.39 is 0 Å². The summed E-state index contributed by atoms with van der Waals surface area (Å²) >= 11 is 7.36. The molecule has 2 atom stereocenters. The molecule has 2 aliphatic heterocycles. The van der Waals surface area contributed by atoms with Crippen LogP contribution in [0.2, 0.25) is 0 Å². The molecule has 0 amide bonds. The van der Waals surface area contributed by atoms with Crippen molar-refractivity contribution in [2.75, 3.05) is 7.11 Å². The van der Waals surface area contributed by atoms with E-state index in [4.69, 9.17) is 14.6 Å². The van der Waals surface area contributed by atoms with Gasteiger partial charge in [-0.1, -0.05) is 61.0 Å². The molecular formula is C27H26Br2N2O2. The molecule has 0 aromatic heterocycles. The largest absolute Gasteiger partial charge is 0.497 e. The number of hydrogen-bond donors (Lipinski definition) is 0. The van der Waals surface area contributed by atoms with Gasteiger partial charge in [0.1, 0.15) is 11.5 Å². The topological polar surface area (TPSA) is 34.1 Å². The molecule has 2 aliphatic rings. The van der Waals surface area contributed by atoms with Crippen molar-refractivity contribution >= 4 is 37.6 Å². The van der Waals surface area contributed by atoms with E-state index in [1.165, 1.54) is 5.56 Å². The molecule has 2 heterocycles. The van der Waals surface area contributed by atoms with E-state index in [2.05, 4.69) is 100 Å². The highest BCUT2D eigenvalue weighted by molar-refractivity contribution is 9.11. The highest BCUT2D eigenvalue weighted by Gasteiger charge is 2.42. The van der Waals surface area contributed by atoms with Crippen LogP contribution in [0.5, 0.6) is 11.5 Å². The molecule has 4 nitrogen and oxygen atoms in total. The normalized spacial score (nSPS) is 19.5. The molecule has 0 spiro atoms. The molecule has 0 fully saturated rings. The fourth-order valence-corrected chi connectivity index (χ4v) is 5.79. The lowest BCUT2D eigenvalue weighted by Crippen LogP contribution is -2.34. The average molecular weight is 570 g/mol. The summed E-state index contributed by atoms with van der Waals surface area (Å²) in [6.07, 6.45) is 0.507. The van der Waals surface area contributed by atoms with Gasteiger partial charge in [-0.15, -0.1) is 0 Å². The third-order valence-corrected chi connectivity index (χ3v) is 7.34. The number of halogens is 2. The lowest BCUT2D eigenvalue weighted by molar-refractivity contribution is -0.0197. The van der Waals surface area contributed by atoms with Gasteiger partial charge in [0.2, 0.25) is 6.23 Å². The van der Waals surface area contributed by atoms with Crippen LogP contribution in [-0.2, 0) is 5.41 Å². The predicted molar refractivity (Wildman–Crippen MR) is 139 cm³/mol. The SMILES string of the molecule is COc1ccc(C2=NN3[C@H](C2)c2cc(Br)cc(Br)c2O[C@@H]3c2ccc(C(C)(C)C)cc2)cc1. The van der Waals surface area contributed by atoms with Gasteiger partial charge in [-0.25, -0.2) is 5.01 Å². The lowest BCUT2D eigenvalue weighted by Gasteiger charge is -2.39. The number of methoxy groups -OCH3 is 1. The maximum absolute atomic E-state index is 6.60. The summed E-state index contributed by atoms with van der Waals surface area (Å²) < 4.78 is 13.9. The summed E-state index contributed by atoms with van der Waals surface area (Å²) in [6, 6.07) is 21.1. The van der Waals surface area contributed by atoms with Crippen LogP contribution in [-0.4, -0.2) is 17.8 Å². The molecule has 0 radical (unpaired) electrons. The minimum atomic E-state index is -0.301. The standard InChI is InChI=1S/C27H26Br2N2O2/c1-27(2,3)18-9-5-17(6-10-18)26-31-24(21-13-19(28)14-22(29)25(21)33-26)15-23(30-31)16-7-11-20(32-4)12-8-16/h5-14,24,26H,15H2,1-4H3/t24-,26-/m1/s1. The third kappa shape index (κ3) is 4.19. The Morgan fingerprint density at radius 1 is 1.00 bits per heavy atom. The Bertz CT molecular complexity index is 1210. The van der Waals surface area contributed by atoms with Crippen molar-refractivity contribution in [1.29, 1.82) is 0 Å². The summed E-state index contributed by atoms with van der Waals surface area (Å²) in [5.74, 6) is 1.73. The molecule has 5 rings (SSSR count). The molecule has 6 heteroatoms.